The van der Waals surface area contributed by atoms with Crippen LogP contribution in [0.1, 0.15) is 25.3 Å². The maximum absolute atomic E-state index is 14.1. The third kappa shape index (κ3) is 1.53. The normalized spacial score (nSPS) is 21.1. The van der Waals surface area contributed by atoms with Gasteiger partial charge in [0.1, 0.15) is 11.4 Å². The Balaban J connectivity index is 2.28. The van der Waals surface area contributed by atoms with E-state index in [1.54, 1.807) is 19.1 Å². The Morgan fingerprint density at radius 3 is 2.31 bits per heavy atom. The molecule has 0 spiro atoms. The van der Waals surface area contributed by atoms with Gasteiger partial charge in [0, 0.05) is 0 Å². The first-order valence-electron chi connectivity index (χ1n) is 4.59. The van der Waals surface area contributed by atoms with Crippen molar-refractivity contribution in [3.63, 3.8) is 0 Å². The summed E-state index contributed by atoms with van der Waals surface area (Å²) in [6, 6.07) is 6.40. The first kappa shape index (κ1) is 8.54. The molecule has 1 aliphatic rings. The third-order valence-corrected chi connectivity index (χ3v) is 2.78. The number of hydrogen-bond acceptors (Lipinski definition) is 1. The summed E-state index contributed by atoms with van der Waals surface area (Å²) in [7, 11) is 0. The van der Waals surface area contributed by atoms with Crippen LogP contribution >= 0.6 is 0 Å². The predicted molar refractivity (Wildman–Crippen MR) is 49.3 cm³/mol. The van der Waals surface area contributed by atoms with Gasteiger partial charge in [-0.3, -0.25) is 0 Å². The molecule has 1 aromatic carbocycles. The van der Waals surface area contributed by atoms with Crippen LogP contribution in [0, 0.1) is 5.92 Å². The van der Waals surface area contributed by atoms with Gasteiger partial charge in [0.15, 0.2) is 0 Å². The molecule has 1 aromatic rings. The molecule has 1 aliphatic carbocycles. The van der Waals surface area contributed by atoms with Gasteiger partial charge in [-0.1, -0.05) is 12.1 Å². The molecule has 0 heterocycles. The van der Waals surface area contributed by atoms with Gasteiger partial charge in [-0.05, 0) is 43.4 Å². The van der Waals surface area contributed by atoms with E-state index in [1.165, 1.54) is 12.1 Å². The van der Waals surface area contributed by atoms with E-state index >= 15 is 0 Å². The zero-order valence-electron chi connectivity index (χ0n) is 7.63. The van der Waals surface area contributed by atoms with E-state index in [0.29, 0.717) is 5.56 Å². The van der Waals surface area contributed by atoms with E-state index in [1.807, 2.05) is 0 Å². The average Bonchev–Trinajstić information content (AvgIpc) is 2.87. The lowest BCUT2D eigenvalue weighted by molar-refractivity contribution is 0.158. The number of phenolic OH excluding ortho intramolecular Hbond substituents is 1. The predicted octanol–water partition coefficient (Wildman–Crippen LogP) is 2.99. The molecule has 13 heavy (non-hydrogen) atoms. The molecule has 0 amide bonds. The monoisotopic (exact) mass is 180 g/mol. The molecule has 1 atom stereocenters. The van der Waals surface area contributed by atoms with E-state index in [9.17, 15) is 4.39 Å². The van der Waals surface area contributed by atoms with Gasteiger partial charge in [-0.15, -0.1) is 0 Å². The fraction of sp³-hybridized carbons (Fsp3) is 0.455. The van der Waals surface area contributed by atoms with Gasteiger partial charge in [-0.25, -0.2) is 4.39 Å². The molecule has 2 rings (SSSR count). The van der Waals surface area contributed by atoms with Gasteiger partial charge < -0.3 is 5.11 Å². The lowest BCUT2D eigenvalue weighted by atomic mass is 9.93. The van der Waals surface area contributed by atoms with Crippen molar-refractivity contribution in [2.45, 2.75) is 25.4 Å². The second-order valence-electron chi connectivity index (χ2n) is 3.90. The molecular formula is C11H13FO. The molecule has 0 bridgehead atoms. The third-order valence-electron chi connectivity index (χ3n) is 2.78. The van der Waals surface area contributed by atoms with Crippen molar-refractivity contribution in [3.8, 4) is 5.75 Å². The summed E-state index contributed by atoms with van der Waals surface area (Å²) in [5.74, 6) is 0.368. The Labute approximate surface area is 77.2 Å². The quantitative estimate of drug-likeness (QED) is 0.741. The van der Waals surface area contributed by atoms with E-state index < -0.39 is 5.67 Å². The highest BCUT2D eigenvalue weighted by Crippen LogP contribution is 2.48. The van der Waals surface area contributed by atoms with Crippen LogP contribution in [0.2, 0.25) is 0 Å². The van der Waals surface area contributed by atoms with E-state index in [0.717, 1.165) is 12.8 Å². The van der Waals surface area contributed by atoms with Crippen LogP contribution < -0.4 is 0 Å². The number of aromatic hydroxyl groups is 1. The van der Waals surface area contributed by atoms with Gasteiger partial charge in [0.05, 0.1) is 0 Å². The minimum atomic E-state index is -1.21. The number of rotatable bonds is 2. The zero-order valence-corrected chi connectivity index (χ0v) is 7.63. The number of alkyl halides is 1. The van der Waals surface area contributed by atoms with Crippen molar-refractivity contribution in [2.75, 3.05) is 0 Å². The van der Waals surface area contributed by atoms with Crippen molar-refractivity contribution in [1.82, 2.24) is 0 Å². The molecule has 0 saturated heterocycles. The standard InChI is InChI=1S/C11H13FO/c1-11(12,8-2-3-8)9-4-6-10(13)7-5-9/h4-8,13H,2-3H2,1H3. The van der Waals surface area contributed by atoms with Crippen LogP contribution in [-0.4, -0.2) is 5.11 Å². The van der Waals surface area contributed by atoms with Gasteiger partial charge in [-0.2, -0.15) is 0 Å². The summed E-state index contributed by atoms with van der Waals surface area (Å²) >= 11 is 0. The second kappa shape index (κ2) is 2.72. The Hall–Kier alpha value is -1.05. The Bertz CT molecular complexity index is 298. The minimum absolute atomic E-state index is 0.178. The van der Waals surface area contributed by atoms with Crippen molar-refractivity contribution >= 4 is 0 Å². The van der Waals surface area contributed by atoms with Gasteiger partial charge >= 0.3 is 0 Å². The van der Waals surface area contributed by atoms with E-state index in [2.05, 4.69) is 0 Å². The van der Waals surface area contributed by atoms with E-state index in [-0.39, 0.29) is 11.7 Å². The van der Waals surface area contributed by atoms with E-state index in [4.69, 9.17) is 5.11 Å². The molecule has 1 unspecified atom stereocenters. The maximum Gasteiger partial charge on any atom is 0.136 e. The first-order chi connectivity index (χ1) is 6.10. The van der Waals surface area contributed by atoms with Crippen molar-refractivity contribution in [1.29, 1.82) is 0 Å². The molecule has 1 nitrogen and oxygen atoms in total. The lowest BCUT2D eigenvalue weighted by Crippen LogP contribution is -2.17. The highest BCUT2D eigenvalue weighted by atomic mass is 19.1. The number of phenols is 1. The smallest absolute Gasteiger partial charge is 0.136 e. The molecule has 1 N–H and O–H groups in total. The number of hydrogen-bond donors (Lipinski definition) is 1. The SMILES string of the molecule is CC(F)(c1ccc(O)cc1)C1CC1. The Kier molecular flexibility index (Phi) is 1.79. The fourth-order valence-corrected chi connectivity index (χ4v) is 1.65. The first-order valence-corrected chi connectivity index (χ1v) is 4.59. The largest absolute Gasteiger partial charge is 0.508 e. The summed E-state index contributed by atoms with van der Waals surface area (Å²) in [4.78, 5) is 0. The lowest BCUT2D eigenvalue weighted by Gasteiger charge is -2.20. The number of halogens is 1. The van der Waals surface area contributed by atoms with Crippen molar-refractivity contribution in [3.05, 3.63) is 29.8 Å². The minimum Gasteiger partial charge on any atom is -0.508 e. The highest BCUT2D eigenvalue weighted by Gasteiger charge is 2.43. The molecule has 1 saturated carbocycles. The topological polar surface area (TPSA) is 20.2 Å². The number of benzene rings is 1. The van der Waals surface area contributed by atoms with Crippen LogP contribution in [0.15, 0.2) is 24.3 Å². The molecular weight excluding hydrogens is 167 g/mol. The summed E-state index contributed by atoms with van der Waals surface area (Å²) in [6.45, 7) is 1.62. The van der Waals surface area contributed by atoms with Gasteiger partial charge in [0.2, 0.25) is 0 Å². The Morgan fingerprint density at radius 1 is 1.31 bits per heavy atom. The van der Waals surface area contributed by atoms with Crippen LogP contribution in [-0.2, 0) is 5.67 Å². The molecule has 70 valence electrons. The molecule has 0 radical (unpaired) electrons. The molecule has 0 aliphatic heterocycles. The highest BCUT2D eigenvalue weighted by molar-refractivity contribution is 5.30. The second-order valence-corrected chi connectivity index (χ2v) is 3.90. The van der Waals surface area contributed by atoms with Gasteiger partial charge in [0.25, 0.3) is 0 Å². The van der Waals surface area contributed by atoms with Crippen molar-refractivity contribution in [2.24, 2.45) is 5.92 Å². The summed E-state index contributed by atoms with van der Waals surface area (Å²) < 4.78 is 14.1. The van der Waals surface area contributed by atoms with Crippen molar-refractivity contribution < 1.29 is 9.50 Å². The fourth-order valence-electron chi connectivity index (χ4n) is 1.65. The molecule has 0 aromatic heterocycles. The van der Waals surface area contributed by atoms with Crippen LogP contribution in [0.5, 0.6) is 5.75 Å². The Morgan fingerprint density at radius 2 is 1.85 bits per heavy atom. The maximum atomic E-state index is 14.1. The van der Waals surface area contributed by atoms with Crippen LogP contribution in [0.3, 0.4) is 0 Å². The zero-order chi connectivity index (χ0) is 9.47. The summed E-state index contributed by atoms with van der Waals surface area (Å²) in [5.41, 5.74) is -0.541. The van der Waals surface area contributed by atoms with Crippen LogP contribution in [0.4, 0.5) is 4.39 Å². The summed E-state index contributed by atoms with van der Waals surface area (Å²) in [5, 5.41) is 9.05. The molecule has 1 fully saturated rings. The van der Waals surface area contributed by atoms with Crippen LogP contribution in [0.25, 0.3) is 0 Å². The average molecular weight is 180 g/mol. The molecule has 2 heteroatoms. The summed E-state index contributed by atoms with van der Waals surface area (Å²) in [6.07, 6.45) is 1.96.